The number of nitrogens with one attached hydrogen (secondary N) is 1. The summed E-state index contributed by atoms with van der Waals surface area (Å²) in [6.07, 6.45) is 0. The van der Waals surface area contributed by atoms with Crippen molar-refractivity contribution in [2.75, 3.05) is 21.1 Å². The van der Waals surface area contributed by atoms with Crippen LogP contribution in [0.3, 0.4) is 0 Å². The van der Waals surface area contributed by atoms with E-state index >= 15 is 0 Å². The Kier molecular flexibility index (Phi) is 3.92. The summed E-state index contributed by atoms with van der Waals surface area (Å²) in [5.41, 5.74) is 0. The van der Waals surface area contributed by atoms with E-state index in [0.717, 1.165) is 10.4 Å². The molecule has 0 bridgehead atoms. The lowest BCUT2D eigenvalue weighted by atomic mass is 10.4. The maximum absolute atomic E-state index is 11.8. The third kappa shape index (κ3) is 2.83. The van der Waals surface area contributed by atoms with Crippen LogP contribution < -0.4 is 4.72 Å². The first kappa shape index (κ1) is 14.1. The molecule has 8 heteroatoms. The molecule has 0 spiro atoms. The Morgan fingerprint density at radius 3 is 2.06 bits per heavy atom. The second-order valence-electron chi connectivity index (χ2n) is 3.47. The summed E-state index contributed by atoms with van der Waals surface area (Å²) in [6.45, 7) is 0. The molecule has 0 amide bonds. The maximum Gasteiger partial charge on any atom is 0.242 e. The molecule has 0 radical (unpaired) electrons. The zero-order valence-corrected chi connectivity index (χ0v) is 11.3. The summed E-state index contributed by atoms with van der Waals surface area (Å²) in [4.78, 5) is -0.137. The van der Waals surface area contributed by atoms with Crippen LogP contribution in [-0.4, -0.2) is 42.3 Å². The second kappa shape index (κ2) is 4.73. The highest BCUT2D eigenvalue weighted by molar-refractivity contribution is 7.90. The molecule has 0 saturated heterocycles. The fourth-order valence-electron chi connectivity index (χ4n) is 1.13. The number of hydrogen-bond donors (Lipinski definition) is 1. The molecule has 0 aliphatic carbocycles. The number of benzene rings is 1. The van der Waals surface area contributed by atoms with Gasteiger partial charge in [0.2, 0.25) is 20.0 Å². The van der Waals surface area contributed by atoms with Crippen LogP contribution >= 0.6 is 0 Å². The van der Waals surface area contributed by atoms with Crippen molar-refractivity contribution in [3.8, 4) is 0 Å². The van der Waals surface area contributed by atoms with Crippen LogP contribution in [0.2, 0.25) is 0 Å². The van der Waals surface area contributed by atoms with Crippen LogP contribution in [0.15, 0.2) is 34.1 Å². The fourth-order valence-corrected chi connectivity index (χ4v) is 2.93. The highest BCUT2D eigenvalue weighted by atomic mass is 32.2. The van der Waals surface area contributed by atoms with Gasteiger partial charge in [-0.2, -0.15) is 0 Å². The van der Waals surface area contributed by atoms with Gasteiger partial charge in [-0.3, -0.25) is 0 Å². The Morgan fingerprint density at radius 2 is 1.59 bits per heavy atom. The van der Waals surface area contributed by atoms with Gasteiger partial charge in [0.25, 0.3) is 0 Å². The lowest BCUT2D eigenvalue weighted by molar-refractivity contribution is 0.520. The normalized spacial score (nSPS) is 12.9. The average molecular weight is 278 g/mol. The first-order valence-corrected chi connectivity index (χ1v) is 7.60. The Hall–Kier alpha value is -0.960. The Balaban J connectivity index is 3.39. The van der Waals surface area contributed by atoms with E-state index in [-0.39, 0.29) is 9.79 Å². The third-order valence-electron chi connectivity index (χ3n) is 2.16. The van der Waals surface area contributed by atoms with Crippen LogP contribution in [0, 0.1) is 0 Å². The largest absolute Gasteiger partial charge is 0.242 e. The quantitative estimate of drug-likeness (QED) is 0.830. The Bertz CT molecular complexity index is 606. The molecular formula is C9H14N2O4S2. The van der Waals surface area contributed by atoms with Crippen LogP contribution in [0.4, 0.5) is 0 Å². The molecule has 96 valence electrons. The molecule has 0 aromatic heterocycles. The lowest BCUT2D eigenvalue weighted by Gasteiger charge is -2.12. The third-order valence-corrected chi connectivity index (χ3v) is 5.39. The van der Waals surface area contributed by atoms with Gasteiger partial charge in [-0.15, -0.1) is 0 Å². The molecule has 0 fully saturated rings. The summed E-state index contributed by atoms with van der Waals surface area (Å²) in [7, 11) is -3.23. The van der Waals surface area contributed by atoms with Crippen LogP contribution in [0.1, 0.15) is 0 Å². The van der Waals surface area contributed by atoms with Crippen molar-refractivity contribution in [2.45, 2.75) is 9.79 Å². The van der Waals surface area contributed by atoms with E-state index in [1.165, 1.54) is 39.3 Å². The summed E-state index contributed by atoms with van der Waals surface area (Å²) < 4.78 is 49.8. The Labute approximate surface area is 101 Å². The van der Waals surface area contributed by atoms with Crippen molar-refractivity contribution in [3.05, 3.63) is 24.3 Å². The van der Waals surface area contributed by atoms with Gasteiger partial charge in [0.05, 0.1) is 9.79 Å². The first-order valence-electron chi connectivity index (χ1n) is 4.68. The number of nitrogens with zero attached hydrogens (tertiary/aromatic N) is 1. The van der Waals surface area contributed by atoms with Crippen molar-refractivity contribution >= 4 is 20.0 Å². The molecule has 0 aliphatic rings. The highest BCUT2D eigenvalue weighted by Crippen LogP contribution is 2.17. The van der Waals surface area contributed by atoms with Gasteiger partial charge in [-0.05, 0) is 25.2 Å². The highest BCUT2D eigenvalue weighted by Gasteiger charge is 2.20. The number of rotatable bonds is 4. The minimum atomic E-state index is -3.64. The maximum atomic E-state index is 11.8. The van der Waals surface area contributed by atoms with E-state index in [0.29, 0.717) is 0 Å². The van der Waals surface area contributed by atoms with Gasteiger partial charge < -0.3 is 0 Å². The molecule has 0 saturated carbocycles. The molecule has 0 heterocycles. The second-order valence-corrected chi connectivity index (χ2v) is 7.51. The van der Waals surface area contributed by atoms with Gasteiger partial charge in [0.1, 0.15) is 0 Å². The molecular weight excluding hydrogens is 264 g/mol. The molecule has 0 aliphatic heterocycles. The van der Waals surface area contributed by atoms with Gasteiger partial charge in [-0.25, -0.2) is 25.9 Å². The Morgan fingerprint density at radius 1 is 1.06 bits per heavy atom. The molecule has 1 aromatic rings. The standard InChI is InChI=1S/C9H14N2O4S2/c1-10-16(12,13)8-5-4-6-9(7-8)17(14,15)11(2)3/h4-7,10H,1-3H3. The first-order chi connectivity index (χ1) is 7.71. The minimum absolute atomic E-state index is 0.0566. The van der Waals surface area contributed by atoms with E-state index in [9.17, 15) is 16.8 Å². The van der Waals surface area contributed by atoms with E-state index in [1.807, 2.05) is 0 Å². The van der Waals surface area contributed by atoms with E-state index in [1.54, 1.807) is 0 Å². The summed E-state index contributed by atoms with van der Waals surface area (Å²) in [5, 5.41) is 0. The van der Waals surface area contributed by atoms with Crippen molar-refractivity contribution in [3.63, 3.8) is 0 Å². The summed E-state index contributed by atoms with van der Waals surface area (Å²) >= 11 is 0. The topological polar surface area (TPSA) is 83.5 Å². The molecule has 0 unspecified atom stereocenters. The zero-order chi connectivity index (χ0) is 13.3. The molecule has 1 rings (SSSR count). The zero-order valence-electron chi connectivity index (χ0n) is 9.71. The minimum Gasteiger partial charge on any atom is -0.214 e. The molecule has 1 aromatic carbocycles. The molecule has 6 nitrogen and oxygen atoms in total. The van der Waals surface area contributed by atoms with E-state index in [4.69, 9.17) is 0 Å². The monoisotopic (exact) mass is 278 g/mol. The smallest absolute Gasteiger partial charge is 0.214 e. The van der Waals surface area contributed by atoms with E-state index < -0.39 is 20.0 Å². The van der Waals surface area contributed by atoms with Crippen molar-refractivity contribution in [1.29, 1.82) is 0 Å². The number of sulfonamides is 2. The predicted octanol–water partition coefficient (Wildman–Crippen LogP) is -0.155. The van der Waals surface area contributed by atoms with Gasteiger partial charge in [0, 0.05) is 14.1 Å². The van der Waals surface area contributed by atoms with Gasteiger partial charge in [0.15, 0.2) is 0 Å². The number of hydrogen-bond acceptors (Lipinski definition) is 4. The van der Waals surface area contributed by atoms with Crippen molar-refractivity contribution < 1.29 is 16.8 Å². The van der Waals surface area contributed by atoms with Crippen molar-refractivity contribution in [1.82, 2.24) is 9.03 Å². The summed E-state index contributed by atoms with van der Waals surface area (Å²) in [5.74, 6) is 0. The van der Waals surface area contributed by atoms with Gasteiger partial charge in [-0.1, -0.05) is 6.07 Å². The average Bonchev–Trinajstić information content (AvgIpc) is 2.29. The summed E-state index contributed by atoms with van der Waals surface area (Å²) in [6, 6.07) is 5.20. The SMILES string of the molecule is CNS(=O)(=O)c1cccc(S(=O)(=O)N(C)C)c1. The predicted molar refractivity (Wildman–Crippen MR) is 63.6 cm³/mol. The van der Waals surface area contributed by atoms with Crippen LogP contribution in [0.25, 0.3) is 0 Å². The van der Waals surface area contributed by atoms with Gasteiger partial charge >= 0.3 is 0 Å². The molecule has 0 atom stereocenters. The van der Waals surface area contributed by atoms with Crippen LogP contribution in [0.5, 0.6) is 0 Å². The lowest BCUT2D eigenvalue weighted by Crippen LogP contribution is -2.23. The molecule has 1 N–H and O–H groups in total. The fraction of sp³-hybridized carbons (Fsp3) is 0.333. The van der Waals surface area contributed by atoms with Crippen molar-refractivity contribution in [2.24, 2.45) is 0 Å². The van der Waals surface area contributed by atoms with E-state index in [2.05, 4.69) is 4.72 Å². The molecule has 17 heavy (non-hydrogen) atoms. The van der Waals surface area contributed by atoms with Crippen LogP contribution in [-0.2, 0) is 20.0 Å².